The molecule has 116 valence electrons. The number of nitrogens with one attached hydrogen (secondary N) is 1. The van der Waals surface area contributed by atoms with Crippen molar-refractivity contribution in [3.8, 4) is 0 Å². The molecule has 0 atom stereocenters. The molecule has 1 aromatic heterocycles. The van der Waals surface area contributed by atoms with E-state index >= 15 is 0 Å². The minimum atomic E-state index is -0.236. The first-order valence-electron chi connectivity index (χ1n) is 7.60. The first-order chi connectivity index (χ1) is 9.93. The molecule has 2 N–H and O–H groups in total. The third-order valence-corrected chi connectivity index (χ3v) is 4.20. The molecule has 1 aliphatic rings. The Morgan fingerprint density at radius 3 is 2.48 bits per heavy atom. The van der Waals surface area contributed by atoms with Crippen molar-refractivity contribution in [3.63, 3.8) is 0 Å². The molecule has 2 heterocycles. The first-order valence-corrected chi connectivity index (χ1v) is 7.60. The smallest absolute Gasteiger partial charge is 0.193 e. The fourth-order valence-corrected chi connectivity index (χ4v) is 3.10. The van der Waals surface area contributed by atoms with Crippen molar-refractivity contribution in [1.82, 2.24) is 9.88 Å². The average molecular weight is 292 g/mol. The van der Waals surface area contributed by atoms with Crippen LogP contribution >= 0.6 is 0 Å². The number of piperidine rings is 1. The third-order valence-electron chi connectivity index (χ3n) is 4.20. The van der Waals surface area contributed by atoms with Gasteiger partial charge in [0.2, 0.25) is 0 Å². The fourth-order valence-electron chi connectivity index (χ4n) is 3.10. The average Bonchev–Trinajstić information content (AvgIpc) is 2.78. The van der Waals surface area contributed by atoms with Gasteiger partial charge in [-0.15, -0.1) is 0 Å². The number of aryl methyl sites for hydroxylation is 1. The molecule has 0 aromatic carbocycles. The summed E-state index contributed by atoms with van der Waals surface area (Å²) in [4.78, 5) is 29.4. The topological polar surface area (TPSA) is 73.4 Å². The summed E-state index contributed by atoms with van der Waals surface area (Å²) >= 11 is 0. The zero-order valence-corrected chi connectivity index (χ0v) is 13.0. The Bertz CT molecular complexity index is 540. The number of aliphatic hydroxyl groups excluding tert-OH is 1. The number of aliphatic hydroxyl groups is 1. The molecule has 1 saturated heterocycles. The molecular formula is C16H24N2O3. The van der Waals surface area contributed by atoms with Crippen LogP contribution in [0.2, 0.25) is 0 Å². The predicted octanol–water partition coefficient (Wildman–Crippen LogP) is 1.73. The summed E-state index contributed by atoms with van der Waals surface area (Å²) in [6.07, 6.45) is 1.87. The van der Waals surface area contributed by atoms with E-state index in [4.69, 9.17) is 0 Å². The Morgan fingerprint density at radius 1 is 1.33 bits per heavy atom. The molecule has 2 rings (SSSR count). The van der Waals surface area contributed by atoms with Gasteiger partial charge in [-0.3, -0.25) is 14.5 Å². The number of carbonyl (C=O) groups excluding carboxylic acids is 2. The monoisotopic (exact) mass is 292 g/mol. The van der Waals surface area contributed by atoms with Crippen LogP contribution in [0.1, 0.15) is 58.8 Å². The standard InChI is InChI=1S/C16H24N2O3/c1-4-13-15(11(3)19)10(2)17-16(13)14(21)9-18-7-5-12(20)6-8-18/h12,17,20H,4-9H2,1-3H3. The lowest BCUT2D eigenvalue weighted by molar-refractivity contribution is 0.0708. The highest BCUT2D eigenvalue weighted by Crippen LogP contribution is 2.21. The Morgan fingerprint density at radius 2 is 1.95 bits per heavy atom. The summed E-state index contributed by atoms with van der Waals surface area (Å²) < 4.78 is 0. The van der Waals surface area contributed by atoms with Crippen molar-refractivity contribution in [2.45, 2.75) is 46.1 Å². The number of Topliss-reactive ketones (excluding diaryl/α,β-unsaturated/α-hetero) is 2. The molecule has 5 nitrogen and oxygen atoms in total. The molecule has 0 radical (unpaired) electrons. The van der Waals surface area contributed by atoms with Gasteiger partial charge in [-0.1, -0.05) is 6.92 Å². The molecular weight excluding hydrogens is 268 g/mol. The van der Waals surface area contributed by atoms with Crippen LogP contribution in [-0.2, 0) is 6.42 Å². The number of H-pyrrole nitrogens is 1. The Labute approximate surface area is 125 Å². The minimum Gasteiger partial charge on any atom is -0.393 e. The van der Waals surface area contributed by atoms with Crippen LogP contribution in [0, 0.1) is 6.92 Å². The van der Waals surface area contributed by atoms with Crippen molar-refractivity contribution >= 4 is 11.6 Å². The van der Waals surface area contributed by atoms with Gasteiger partial charge in [0.05, 0.1) is 18.3 Å². The molecule has 0 amide bonds. The lowest BCUT2D eigenvalue weighted by Gasteiger charge is -2.28. The van der Waals surface area contributed by atoms with Crippen LogP contribution in [-0.4, -0.2) is 52.3 Å². The van der Waals surface area contributed by atoms with Crippen molar-refractivity contribution in [1.29, 1.82) is 0 Å². The van der Waals surface area contributed by atoms with Crippen molar-refractivity contribution < 1.29 is 14.7 Å². The van der Waals surface area contributed by atoms with Crippen LogP contribution < -0.4 is 0 Å². The quantitative estimate of drug-likeness (QED) is 0.811. The molecule has 0 unspecified atom stereocenters. The predicted molar refractivity (Wildman–Crippen MR) is 80.9 cm³/mol. The number of hydrogen-bond donors (Lipinski definition) is 2. The van der Waals surface area contributed by atoms with Crippen molar-refractivity contribution in [3.05, 3.63) is 22.5 Å². The van der Waals surface area contributed by atoms with Crippen molar-refractivity contribution in [2.24, 2.45) is 0 Å². The van der Waals surface area contributed by atoms with Crippen LogP contribution in [0.3, 0.4) is 0 Å². The minimum absolute atomic E-state index is 0.000690. The molecule has 0 bridgehead atoms. The first kappa shape index (κ1) is 15.9. The van der Waals surface area contributed by atoms with E-state index in [2.05, 4.69) is 9.88 Å². The second-order valence-electron chi connectivity index (χ2n) is 5.82. The van der Waals surface area contributed by atoms with Gasteiger partial charge in [0, 0.05) is 24.3 Å². The van der Waals surface area contributed by atoms with Gasteiger partial charge in [-0.05, 0) is 38.7 Å². The van der Waals surface area contributed by atoms with Gasteiger partial charge < -0.3 is 10.1 Å². The molecule has 21 heavy (non-hydrogen) atoms. The van der Waals surface area contributed by atoms with Crippen LogP contribution in [0.15, 0.2) is 0 Å². The number of aromatic nitrogens is 1. The van der Waals surface area contributed by atoms with Crippen LogP contribution in [0.5, 0.6) is 0 Å². The lowest BCUT2D eigenvalue weighted by atomic mass is 10.0. The van der Waals surface area contributed by atoms with Gasteiger partial charge in [0.25, 0.3) is 0 Å². The van der Waals surface area contributed by atoms with Gasteiger partial charge in [-0.25, -0.2) is 0 Å². The zero-order valence-electron chi connectivity index (χ0n) is 13.0. The van der Waals surface area contributed by atoms with E-state index in [9.17, 15) is 14.7 Å². The van der Waals surface area contributed by atoms with Crippen molar-refractivity contribution in [2.75, 3.05) is 19.6 Å². The number of rotatable bonds is 5. The Hall–Kier alpha value is -1.46. The maximum Gasteiger partial charge on any atom is 0.193 e. The Balaban J connectivity index is 2.16. The van der Waals surface area contributed by atoms with Gasteiger partial charge in [0.1, 0.15) is 0 Å². The second-order valence-corrected chi connectivity index (χ2v) is 5.82. The van der Waals surface area contributed by atoms with E-state index in [-0.39, 0.29) is 17.7 Å². The van der Waals surface area contributed by atoms with Gasteiger partial charge >= 0.3 is 0 Å². The highest BCUT2D eigenvalue weighted by Gasteiger charge is 2.24. The molecule has 1 fully saturated rings. The van der Waals surface area contributed by atoms with E-state index in [1.54, 1.807) is 0 Å². The summed E-state index contributed by atoms with van der Waals surface area (Å²) in [6, 6.07) is 0. The van der Waals surface area contributed by atoms with Crippen LogP contribution in [0.25, 0.3) is 0 Å². The molecule has 0 aliphatic carbocycles. The van der Waals surface area contributed by atoms with E-state index in [0.717, 1.165) is 37.2 Å². The number of likely N-dealkylation sites (tertiary alicyclic amines) is 1. The number of aromatic amines is 1. The SMILES string of the molecule is CCc1c(C(=O)CN2CCC(O)CC2)[nH]c(C)c1C(C)=O. The van der Waals surface area contributed by atoms with Gasteiger partial charge in [0.15, 0.2) is 11.6 Å². The summed E-state index contributed by atoms with van der Waals surface area (Å²) in [7, 11) is 0. The summed E-state index contributed by atoms with van der Waals surface area (Å²) in [5.74, 6) is 0.0274. The second kappa shape index (κ2) is 6.54. The summed E-state index contributed by atoms with van der Waals surface area (Å²) in [5.41, 5.74) is 2.85. The van der Waals surface area contributed by atoms with E-state index in [1.165, 1.54) is 6.92 Å². The van der Waals surface area contributed by atoms with E-state index < -0.39 is 0 Å². The van der Waals surface area contributed by atoms with E-state index in [0.29, 0.717) is 24.2 Å². The van der Waals surface area contributed by atoms with Crippen LogP contribution in [0.4, 0.5) is 0 Å². The molecule has 1 aliphatic heterocycles. The summed E-state index contributed by atoms with van der Waals surface area (Å²) in [5, 5.41) is 9.51. The Kier molecular flexibility index (Phi) is 4.96. The fraction of sp³-hybridized carbons (Fsp3) is 0.625. The number of carbonyl (C=O) groups is 2. The largest absolute Gasteiger partial charge is 0.393 e. The number of nitrogens with zero attached hydrogens (tertiary/aromatic N) is 1. The highest BCUT2D eigenvalue weighted by molar-refractivity contribution is 6.04. The molecule has 5 heteroatoms. The molecule has 0 saturated carbocycles. The maximum atomic E-state index is 12.5. The normalized spacial score (nSPS) is 17.1. The summed E-state index contributed by atoms with van der Waals surface area (Å²) in [6.45, 7) is 7.17. The number of ketones is 2. The molecule has 0 spiro atoms. The number of hydrogen-bond acceptors (Lipinski definition) is 4. The zero-order chi connectivity index (χ0) is 15.6. The van der Waals surface area contributed by atoms with E-state index in [1.807, 2.05) is 13.8 Å². The highest BCUT2D eigenvalue weighted by atomic mass is 16.3. The molecule has 1 aromatic rings. The lowest BCUT2D eigenvalue weighted by Crippen LogP contribution is -2.39. The van der Waals surface area contributed by atoms with Gasteiger partial charge in [-0.2, -0.15) is 0 Å². The maximum absolute atomic E-state index is 12.5. The third kappa shape index (κ3) is 3.41.